The Bertz CT molecular complexity index is 1070. The third-order valence-electron chi connectivity index (χ3n) is 3.97. The third-order valence-corrected chi connectivity index (χ3v) is 5.42. The SMILES string of the molecule is Cc1cccc(-c2nnc3sc(C(C)(C)Oc4ccc(Cl)cc4)nn23)c1. The molecule has 0 unspecified atom stereocenters. The molecule has 0 saturated carbocycles. The van der Waals surface area contributed by atoms with Crippen molar-refractivity contribution >= 4 is 27.9 Å². The van der Waals surface area contributed by atoms with Gasteiger partial charge in [-0.05, 0) is 51.1 Å². The molecule has 5 nitrogen and oxygen atoms in total. The zero-order chi connectivity index (χ0) is 18.3. The van der Waals surface area contributed by atoms with Gasteiger partial charge in [0.15, 0.2) is 16.4 Å². The number of aromatic nitrogens is 4. The third kappa shape index (κ3) is 3.18. The van der Waals surface area contributed by atoms with Crippen LogP contribution in [0, 0.1) is 6.92 Å². The first-order valence-electron chi connectivity index (χ1n) is 8.17. The van der Waals surface area contributed by atoms with Gasteiger partial charge in [-0.1, -0.05) is 46.7 Å². The Labute approximate surface area is 160 Å². The molecule has 0 atom stereocenters. The number of ether oxygens (including phenoxy) is 1. The van der Waals surface area contributed by atoms with Crippen LogP contribution in [0.2, 0.25) is 5.02 Å². The molecule has 2 aromatic carbocycles. The Morgan fingerprint density at radius 2 is 1.85 bits per heavy atom. The fourth-order valence-electron chi connectivity index (χ4n) is 2.67. The quantitative estimate of drug-likeness (QED) is 0.489. The molecule has 0 saturated heterocycles. The summed E-state index contributed by atoms with van der Waals surface area (Å²) in [4.78, 5) is 0.740. The number of aryl methyl sites for hydroxylation is 1. The predicted molar refractivity (Wildman–Crippen MR) is 104 cm³/mol. The number of nitrogens with zero attached hydrogens (tertiary/aromatic N) is 4. The molecule has 0 radical (unpaired) electrons. The number of hydrogen-bond donors (Lipinski definition) is 0. The first-order valence-corrected chi connectivity index (χ1v) is 9.36. The number of rotatable bonds is 4. The van der Waals surface area contributed by atoms with Crippen LogP contribution in [0.15, 0.2) is 48.5 Å². The second-order valence-electron chi connectivity index (χ2n) is 6.56. The topological polar surface area (TPSA) is 52.3 Å². The fraction of sp³-hybridized carbons (Fsp3) is 0.211. The van der Waals surface area contributed by atoms with Crippen molar-refractivity contribution in [3.63, 3.8) is 0 Å². The van der Waals surface area contributed by atoms with Gasteiger partial charge < -0.3 is 4.74 Å². The number of fused-ring (bicyclic) bond motifs is 1. The minimum absolute atomic E-state index is 0.608. The van der Waals surface area contributed by atoms with Gasteiger partial charge in [0.05, 0.1) is 0 Å². The summed E-state index contributed by atoms with van der Waals surface area (Å²) in [7, 11) is 0. The molecule has 4 rings (SSSR count). The summed E-state index contributed by atoms with van der Waals surface area (Å²) in [5.74, 6) is 1.47. The van der Waals surface area contributed by atoms with Gasteiger partial charge in [-0.25, -0.2) is 0 Å². The fourth-order valence-corrected chi connectivity index (χ4v) is 3.67. The van der Waals surface area contributed by atoms with E-state index in [2.05, 4.69) is 29.3 Å². The second kappa shape index (κ2) is 6.37. The molecule has 0 fully saturated rings. The van der Waals surface area contributed by atoms with Gasteiger partial charge in [0.25, 0.3) is 0 Å². The van der Waals surface area contributed by atoms with Crippen molar-refractivity contribution in [1.29, 1.82) is 0 Å². The van der Waals surface area contributed by atoms with Crippen LogP contribution >= 0.6 is 22.9 Å². The Balaban J connectivity index is 1.70. The van der Waals surface area contributed by atoms with Crippen molar-refractivity contribution in [1.82, 2.24) is 19.8 Å². The summed E-state index contributed by atoms with van der Waals surface area (Å²) < 4.78 is 7.91. The summed E-state index contributed by atoms with van der Waals surface area (Å²) in [5, 5.41) is 14.8. The Kier molecular flexibility index (Phi) is 4.17. The maximum absolute atomic E-state index is 6.13. The van der Waals surface area contributed by atoms with E-state index in [9.17, 15) is 0 Å². The second-order valence-corrected chi connectivity index (χ2v) is 7.95. The molecule has 4 aromatic rings. The van der Waals surface area contributed by atoms with Crippen LogP contribution in [0.3, 0.4) is 0 Å². The van der Waals surface area contributed by atoms with Crippen LogP contribution in [-0.2, 0) is 5.60 Å². The van der Waals surface area contributed by atoms with Crippen molar-refractivity contribution in [2.24, 2.45) is 0 Å². The summed E-state index contributed by atoms with van der Waals surface area (Å²) in [6, 6.07) is 15.5. The molecule has 0 aliphatic carbocycles. The van der Waals surface area contributed by atoms with Gasteiger partial charge >= 0.3 is 0 Å². The lowest BCUT2D eigenvalue weighted by molar-refractivity contribution is 0.107. The van der Waals surface area contributed by atoms with E-state index in [1.165, 1.54) is 16.9 Å². The van der Waals surface area contributed by atoms with Crippen molar-refractivity contribution in [2.45, 2.75) is 26.4 Å². The van der Waals surface area contributed by atoms with E-state index in [0.717, 1.165) is 27.1 Å². The van der Waals surface area contributed by atoms with E-state index in [1.807, 2.05) is 38.1 Å². The van der Waals surface area contributed by atoms with Gasteiger partial charge in [-0.3, -0.25) is 0 Å². The van der Waals surface area contributed by atoms with Gasteiger partial charge in [0, 0.05) is 10.6 Å². The molecular formula is C19H17ClN4OS. The molecule has 26 heavy (non-hydrogen) atoms. The highest BCUT2D eigenvalue weighted by Crippen LogP contribution is 2.32. The molecule has 0 aliphatic heterocycles. The molecule has 2 heterocycles. The highest BCUT2D eigenvalue weighted by Gasteiger charge is 2.29. The summed E-state index contributed by atoms with van der Waals surface area (Å²) in [6.07, 6.45) is 0. The molecule has 0 spiro atoms. The van der Waals surface area contributed by atoms with Crippen molar-refractivity contribution in [2.75, 3.05) is 0 Å². The van der Waals surface area contributed by atoms with Gasteiger partial charge in [-0.15, -0.1) is 10.2 Å². The van der Waals surface area contributed by atoms with E-state index in [4.69, 9.17) is 21.4 Å². The molecular weight excluding hydrogens is 368 g/mol. The van der Waals surface area contributed by atoms with E-state index < -0.39 is 5.60 Å². The van der Waals surface area contributed by atoms with Gasteiger partial charge in [0.1, 0.15) is 5.75 Å². The zero-order valence-corrected chi connectivity index (χ0v) is 16.2. The van der Waals surface area contributed by atoms with Crippen LogP contribution in [0.25, 0.3) is 16.3 Å². The number of benzene rings is 2. The zero-order valence-electron chi connectivity index (χ0n) is 14.6. The maximum Gasteiger partial charge on any atom is 0.235 e. The molecule has 132 valence electrons. The predicted octanol–water partition coefficient (Wildman–Crippen LogP) is 5.13. The van der Waals surface area contributed by atoms with Crippen molar-refractivity contribution < 1.29 is 4.74 Å². The van der Waals surface area contributed by atoms with Crippen LogP contribution in [0.1, 0.15) is 24.4 Å². The van der Waals surface area contributed by atoms with Crippen LogP contribution in [0.5, 0.6) is 5.75 Å². The van der Waals surface area contributed by atoms with E-state index >= 15 is 0 Å². The average molecular weight is 385 g/mol. The van der Waals surface area contributed by atoms with Crippen LogP contribution in [0.4, 0.5) is 0 Å². The van der Waals surface area contributed by atoms with Crippen LogP contribution in [-0.4, -0.2) is 19.8 Å². The lowest BCUT2D eigenvalue weighted by atomic mass is 10.1. The standard InChI is InChI=1S/C19H17ClN4OS/c1-12-5-4-6-13(11-12)16-21-22-18-24(16)23-17(26-18)19(2,3)25-15-9-7-14(20)8-10-15/h4-11H,1-3H3. The van der Waals surface area contributed by atoms with Gasteiger partial charge in [0.2, 0.25) is 4.96 Å². The highest BCUT2D eigenvalue weighted by molar-refractivity contribution is 7.16. The average Bonchev–Trinajstić information content (AvgIpc) is 3.18. The minimum atomic E-state index is -0.608. The number of halogens is 1. The van der Waals surface area contributed by atoms with Crippen molar-refractivity contribution in [3.05, 3.63) is 64.1 Å². The molecule has 0 bridgehead atoms. The molecule has 0 N–H and O–H groups in total. The van der Waals surface area contributed by atoms with E-state index in [1.54, 1.807) is 16.6 Å². The van der Waals surface area contributed by atoms with Gasteiger partial charge in [-0.2, -0.15) is 9.61 Å². The van der Waals surface area contributed by atoms with E-state index in [-0.39, 0.29) is 0 Å². The smallest absolute Gasteiger partial charge is 0.235 e. The maximum atomic E-state index is 6.13. The monoisotopic (exact) mass is 384 g/mol. The normalized spacial score (nSPS) is 11.8. The highest BCUT2D eigenvalue weighted by atomic mass is 35.5. The Morgan fingerprint density at radius 3 is 2.58 bits per heavy atom. The van der Waals surface area contributed by atoms with Crippen LogP contribution < -0.4 is 4.74 Å². The minimum Gasteiger partial charge on any atom is -0.481 e. The first kappa shape index (κ1) is 17.0. The Hall–Kier alpha value is -2.44. The molecule has 0 amide bonds. The largest absolute Gasteiger partial charge is 0.481 e. The molecule has 7 heteroatoms. The molecule has 2 aromatic heterocycles. The first-order chi connectivity index (χ1) is 12.4. The summed E-state index contributed by atoms with van der Waals surface area (Å²) >= 11 is 7.41. The number of hydrogen-bond acceptors (Lipinski definition) is 5. The molecule has 0 aliphatic rings. The Morgan fingerprint density at radius 1 is 1.08 bits per heavy atom. The van der Waals surface area contributed by atoms with Crippen molar-refractivity contribution in [3.8, 4) is 17.1 Å². The lowest BCUT2D eigenvalue weighted by Gasteiger charge is -2.23. The lowest BCUT2D eigenvalue weighted by Crippen LogP contribution is -2.25. The van der Waals surface area contributed by atoms with E-state index in [0.29, 0.717) is 5.02 Å². The summed E-state index contributed by atoms with van der Waals surface area (Å²) in [5.41, 5.74) is 1.55. The summed E-state index contributed by atoms with van der Waals surface area (Å²) in [6.45, 7) is 6.02.